The van der Waals surface area contributed by atoms with Gasteiger partial charge in [0, 0.05) is 18.8 Å². The number of aliphatic hydroxyl groups is 1. The summed E-state index contributed by atoms with van der Waals surface area (Å²) >= 11 is 0. The monoisotopic (exact) mass is 237 g/mol. The maximum Gasteiger partial charge on any atom is 0.111 e. The van der Waals surface area contributed by atoms with Gasteiger partial charge in [-0.25, -0.2) is 0 Å². The predicted molar refractivity (Wildman–Crippen MR) is 67.7 cm³/mol. The van der Waals surface area contributed by atoms with Gasteiger partial charge in [0.25, 0.3) is 0 Å². The van der Waals surface area contributed by atoms with Crippen molar-refractivity contribution in [2.45, 2.75) is 57.7 Å². The van der Waals surface area contributed by atoms with Crippen molar-refractivity contribution in [2.75, 3.05) is 6.54 Å². The zero-order chi connectivity index (χ0) is 12.1. The van der Waals surface area contributed by atoms with E-state index in [-0.39, 0.29) is 6.04 Å². The fraction of sp³-hybridized carbons (Fsp3) is 0.769. The third kappa shape index (κ3) is 3.07. The van der Waals surface area contributed by atoms with E-state index in [0.717, 1.165) is 31.6 Å². The van der Waals surface area contributed by atoms with Crippen molar-refractivity contribution in [2.24, 2.45) is 0 Å². The fourth-order valence-electron chi connectivity index (χ4n) is 2.52. The van der Waals surface area contributed by atoms with Crippen LogP contribution in [0.2, 0.25) is 0 Å². The lowest BCUT2D eigenvalue weighted by molar-refractivity contribution is 0.116. The van der Waals surface area contributed by atoms with Crippen LogP contribution in [-0.2, 0) is 6.54 Å². The highest BCUT2D eigenvalue weighted by molar-refractivity contribution is 5.07. The lowest BCUT2D eigenvalue weighted by atomic mass is 10.0. The van der Waals surface area contributed by atoms with Crippen LogP contribution in [0.4, 0.5) is 0 Å². The van der Waals surface area contributed by atoms with E-state index in [1.165, 1.54) is 19.3 Å². The molecule has 1 fully saturated rings. The number of hydrogen-bond donors (Lipinski definition) is 2. The molecule has 1 aromatic rings. The Labute approximate surface area is 103 Å². The van der Waals surface area contributed by atoms with Gasteiger partial charge in [-0.2, -0.15) is 5.10 Å². The van der Waals surface area contributed by atoms with Crippen LogP contribution in [-0.4, -0.2) is 27.5 Å². The van der Waals surface area contributed by atoms with Crippen molar-refractivity contribution in [3.05, 3.63) is 18.0 Å². The molecular formula is C13H23N3O. The third-order valence-electron chi connectivity index (χ3n) is 3.47. The summed E-state index contributed by atoms with van der Waals surface area (Å²) in [6.45, 7) is 4.03. The quantitative estimate of drug-likeness (QED) is 0.840. The average molecular weight is 237 g/mol. The molecule has 2 heterocycles. The lowest BCUT2D eigenvalue weighted by Gasteiger charge is -2.23. The minimum Gasteiger partial charge on any atom is -0.385 e. The molecule has 1 aromatic heterocycles. The molecule has 0 aromatic carbocycles. The summed E-state index contributed by atoms with van der Waals surface area (Å²) in [7, 11) is 0. The Morgan fingerprint density at radius 2 is 2.41 bits per heavy atom. The standard InChI is InChI=1S/C13H23N3O/c1-2-10-16-12(7-9-15-16)13(17)11-6-4-3-5-8-14-11/h7,9,11,13-14,17H,2-6,8,10H2,1H3. The predicted octanol–water partition coefficient (Wildman–Crippen LogP) is 1.86. The summed E-state index contributed by atoms with van der Waals surface area (Å²) in [6, 6.07) is 2.12. The number of aliphatic hydroxyl groups excluding tert-OH is 1. The van der Waals surface area contributed by atoms with Crippen LogP contribution >= 0.6 is 0 Å². The molecule has 4 nitrogen and oxygen atoms in total. The van der Waals surface area contributed by atoms with Gasteiger partial charge in [-0.3, -0.25) is 4.68 Å². The van der Waals surface area contributed by atoms with Gasteiger partial charge in [-0.15, -0.1) is 0 Å². The van der Waals surface area contributed by atoms with Crippen LogP contribution in [0.15, 0.2) is 12.3 Å². The second-order valence-corrected chi connectivity index (χ2v) is 4.83. The van der Waals surface area contributed by atoms with E-state index in [4.69, 9.17) is 0 Å². The number of aryl methyl sites for hydroxylation is 1. The van der Waals surface area contributed by atoms with Crippen molar-refractivity contribution in [1.29, 1.82) is 0 Å². The van der Waals surface area contributed by atoms with Crippen molar-refractivity contribution in [3.63, 3.8) is 0 Å². The van der Waals surface area contributed by atoms with Crippen LogP contribution in [0.25, 0.3) is 0 Å². The Balaban J connectivity index is 2.06. The third-order valence-corrected chi connectivity index (χ3v) is 3.47. The number of hydrogen-bond acceptors (Lipinski definition) is 3. The zero-order valence-corrected chi connectivity index (χ0v) is 10.6. The van der Waals surface area contributed by atoms with Gasteiger partial charge < -0.3 is 10.4 Å². The first-order valence-corrected chi connectivity index (χ1v) is 6.76. The second kappa shape index (κ2) is 6.17. The molecule has 2 atom stereocenters. The van der Waals surface area contributed by atoms with Gasteiger partial charge in [0.2, 0.25) is 0 Å². The van der Waals surface area contributed by atoms with Gasteiger partial charge in [0.15, 0.2) is 0 Å². The molecule has 1 aliphatic rings. The molecule has 96 valence electrons. The molecule has 0 bridgehead atoms. The van der Waals surface area contributed by atoms with Gasteiger partial charge in [-0.05, 0) is 31.9 Å². The Hall–Kier alpha value is -0.870. The second-order valence-electron chi connectivity index (χ2n) is 4.83. The molecule has 0 saturated carbocycles. The Morgan fingerprint density at radius 3 is 3.24 bits per heavy atom. The molecule has 2 unspecified atom stereocenters. The molecule has 0 amide bonds. The van der Waals surface area contributed by atoms with E-state index in [1.807, 2.05) is 10.7 Å². The van der Waals surface area contributed by atoms with Crippen molar-refractivity contribution < 1.29 is 5.11 Å². The van der Waals surface area contributed by atoms with Crippen molar-refractivity contribution in [1.82, 2.24) is 15.1 Å². The highest BCUT2D eigenvalue weighted by Crippen LogP contribution is 2.22. The van der Waals surface area contributed by atoms with E-state index in [9.17, 15) is 5.11 Å². The van der Waals surface area contributed by atoms with Crippen LogP contribution in [0.1, 0.15) is 50.8 Å². The number of nitrogens with one attached hydrogen (secondary N) is 1. The fourth-order valence-corrected chi connectivity index (χ4v) is 2.52. The summed E-state index contributed by atoms with van der Waals surface area (Å²) in [5.41, 5.74) is 0.950. The molecule has 1 saturated heterocycles. The topological polar surface area (TPSA) is 50.1 Å². The molecule has 0 aliphatic carbocycles. The molecule has 1 aliphatic heterocycles. The summed E-state index contributed by atoms with van der Waals surface area (Å²) in [4.78, 5) is 0. The minimum atomic E-state index is -0.429. The SMILES string of the molecule is CCCn1nccc1C(O)C1CCCCCN1. The van der Waals surface area contributed by atoms with Gasteiger partial charge in [0.1, 0.15) is 6.10 Å². The molecule has 2 rings (SSSR count). The summed E-state index contributed by atoms with van der Waals surface area (Å²) in [6.07, 6.45) is 7.14. The van der Waals surface area contributed by atoms with E-state index < -0.39 is 6.10 Å². The van der Waals surface area contributed by atoms with Crippen molar-refractivity contribution >= 4 is 0 Å². The molecule has 0 radical (unpaired) electrons. The molecule has 17 heavy (non-hydrogen) atoms. The first kappa shape index (κ1) is 12.6. The Kier molecular flexibility index (Phi) is 4.57. The van der Waals surface area contributed by atoms with Crippen molar-refractivity contribution in [3.8, 4) is 0 Å². The first-order chi connectivity index (χ1) is 8.33. The number of rotatable bonds is 4. The van der Waals surface area contributed by atoms with Gasteiger partial charge in [0.05, 0.1) is 5.69 Å². The van der Waals surface area contributed by atoms with E-state index in [2.05, 4.69) is 17.3 Å². The molecular weight excluding hydrogens is 214 g/mol. The van der Waals surface area contributed by atoms with Gasteiger partial charge >= 0.3 is 0 Å². The van der Waals surface area contributed by atoms with Crippen LogP contribution < -0.4 is 5.32 Å². The maximum absolute atomic E-state index is 10.4. The van der Waals surface area contributed by atoms with E-state index >= 15 is 0 Å². The molecule has 2 N–H and O–H groups in total. The van der Waals surface area contributed by atoms with E-state index in [0.29, 0.717) is 0 Å². The van der Waals surface area contributed by atoms with Crippen LogP contribution in [0.3, 0.4) is 0 Å². The van der Waals surface area contributed by atoms with E-state index in [1.54, 1.807) is 6.20 Å². The first-order valence-electron chi connectivity index (χ1n) is 6.76. The number of nitrogens with zero attached hydrogens (tertiary/aromatic N) is 2. The number of aromatic nitrogens is 2. The summed E-state index contributed by atoms with van der Waals surface area (Å²) in [5.74, 6) is 0. The Morgan fingerprint density at radius 1 is 1.53 bits per heavy atom. The van der Waals surface area contributed by atoms with Crippen LogP contribution in [0, 0.1) is 0 Å². The smallest absolute Gasteiger partial charge is 0.111 e. The van der Waals surface area contributed by atoms with Crippen LogP contribution in [0.5, 0.6) is 0 Å². The normalized spacial score (nSPS) is 23.3. The Bertz CT molecular complexity index is 329. The average Bonchev–Trinajstić information content (AvgIpc) is 2.63. The highest BCUT2D eigenvalue weighted by atomic mass is 16.3. The zero-order valence-electron chi connectivity index (χ0n) is 10.6. The summed E-state index contributed by atoms with van der Waals surface area (Å²) < 4.78 is 1.93. The van der Waals surface area contributed by atoms with Gasteiger partial charge in [-0.1, -0.05) is 19.8 Å². The molecule has 0 spiro atoms. The lowest BCUT2D eigenvalue weighted by Crippen LogP contribution is -2.35. The maximum atomic E-state index is 10.4. The minimum absolute atomic E-state index is 0.185. The molecule has 4 heteroatoms. The summed E-state index contributed by atoms with van der Waals surface area (Å²) in [5, 5.41) is 18.2. The highest BCUT2D eigenvalue weighted by Gasteiger charge is 2.24. The largest absolute Gasteiger partial charge is 0.385 e.